The van der Waals surface area contributed by atoms with Gasteiger partial charge >= 0.3 is 0 Å². The quantitative estimate of drug-likeness (QED) is 0.0791. The molecule has 306 valence electrons. The van der Waals surface area contributed by atoms with Crippen molar-refractivity contribution in [3.05, 3.63) is 83.5 Å². The number of aryl methyl sites for hydroxylation is 1. The van der Waals surface area contributed by atoms with E-state index < -0.39 is 0 Å². The molecular weight excluding hydrogens is 733 g/mol. The van der Waals surface area contributed by atoms with Crippen LogP contribution in [-0.4, -0.2) is 108 Å². The van der Waals surface area contributed by atoms with Crippen molar-refractivity contribution in [3.63, 3.8) is 0 Å². The summed E-state index contributed by atoms with van der Waals surface area (Å²) in [4.78, 5) is 26.6. The van der Waals surface area contributed by atoms with Gasteiger partial charge in [-0.25, -0.2) is 5.43 Å². The monoisotopic (exact) mass is 800 g/mol. The third-order valence-corrected chi connectivity index (χ3v) is 12.6. The van der Waals surface area contributed by atoms with Crippen molar-refractivity contribution in [1.82, 2.24) is 25.1 Å². The molecule has 1 atom stereocenters. The van der Waals surface area contributed by atoms with Crippen LogP contribution in [-0.2, 0) is 11.2 Å². The number of likely N-dealkylation sites (N-methyl/N-ethyl adjacent to an activating group) is 1. The number of allylic oxidation sites excluding steroid dienone is 2. The average molecular weight is 801 g/mol. The Morgan fingerprint density at radius 2 is 1.84 bits per heavy atom. The SMILES string of the molecule is C=C(/C(C#N)=C/C1=NCCS1)N(C)C(CCC)c1ccc(CCC=O)cc1.CC(C)(C)C1=CN=C(CS)C1.CN1CCC(N2CCC(CNN3C=C3)CC2)CC1. The van der Waals surface area contributed by atoms with Gasteiger partial charge in [-0.1, -0.05) is 65.0 Å². The summed E-state index contributed by atoms with van der Waals surface area (Å²) in [5.41, 5.74) is 9.95. The van der Waals surface area contributed by atoms with Crippen LogP contribution < -0.4 is 5.43 Å². The topological polar surface area (TPSA) is 90.3 Å². The molecule has 5 aliphatic rings. The van der Waals surface area contributed by atoms with Crippen LogP contribution in [0.2, 0.25) is 0 Å². The fourth-order valence-electron chi connectivity index (χ4n) is 7.40. The molecule has 56 heavy (non-hydrogen) atoms. The smallest absolute Gasteiger partial charge is 0.120 e. The highest BCUT2D eigenvalue weighted by atomic mass is 32.2. The summed E-state index contributed by atoms with van der Waals surface area (Å²) in [7, 11) is 4.24. The molecule has 0 aromatic heterocycles. The molecule has 0 amide bonds. The highest BCUT2D eigenvalue weighted by Crippen LogP contribution is 2.32. The summed E-state index contributed by atoms with van der Waals surface area (Å²) < 4.78 is 0. The number of benzene rings is 1. The van der Waals surface area contributed by atoms with E-state index in [-0.39, 0.29) is 11.5 Å². The molecule has 1 N–H and O–H groups in total. The summed E-state index contributed by atoms with van der Waals surface area (Å²) in [5, 5.41) is 12.6. The lowest BCUT2D eigenvalue weighted by Crippen LogP contribution is -2.47. The maximum atomic E-state index is 10.6. The van der Waals surface area contributed by atoms with E-state index in [9.17, 15) is 10.1 Å². The van der Waals surface area contributed by atoms with Gasteiger partial charge in [0, 0.05) is 80.5 Å². The molecule has 2 fully saturated rings. The number of nitrogens with zero attached hydrogens (tertiary/aromatic N) is 7. The Labute approximate surface area is 348 Å². The number of nitriles is 1. The van der Waals surface area contributed by atoms with Gasteiger partial charge in [-0.15, -0.1) is 11.8 Å². The molecule has 0 radical (unpaired) electrons. The molecule has 1 aromatic rings. The van der Waals surface area contributed by atoms with Gasteiger partial charge in [-0.2, -0.15) is 17.9 Å². The summed E-state index contributed by atoms with van der Waals surface area (Å²) in [6.45, 7) is 20.2. The molecule has 5 aliphatic heterocycles. The molecule has 11 heteroatoms. The summed E-state index contributed by atoms with van der Waals surface area (Å²) >= 11 is 5.86. The fraction of sp³-hybridized carbons (Fsp3) is 0.600. The Morgan fingerprint density at radius 3 is 2.36 bits per heavy atom. The number of nitrogens with one attached hydrogen (secondary N) is 1. The Bertz CT molecular complexity index is 1600. The molecule has 9 nitrogen and oxygen atoms in total. The van der Waals surface area contributed by atoms with Crippen LogP contribution >= 0.6 is 24.4 Å². The predicted molar refractivity (Wildman–Crippen MR) is 241 cm³/mol. The molecule has 1 unspecified atom stereocenters. The highest BCUT2D eigenvalue weighted by molar-refractivity contribution is 8.14. The second-order valence-corrected chi connectivity index (χ2v) is 18.0. The van der Waals surface area contributed by atoms with Crippen molar-refractivity contribution in [2.75, 3.05) is 64.9 Å². The van der Waals surface area contributed by atoms with E-state index >= 15 is 0 Å². The van der Waals surface area contributed by atoms with E-state index in [0.717, 1.165) is 84.8 Å². The van der Waals surface area contributed by atoms with Crippen molar-refractivity contribution >= 4 is 41.4 Å². The van der Waals surface area contributed by atoms with Crippen LogP contribution in [0, 0.1) is 22.7 Å². The molecule has 6 rings (SSSR count). The maximum absolute atomic E-state index is 10.6. The molecule has 0 saturated carbocycles. The van der Waals surface area contributed by atoms with Crippen LogP contribution in [0.1, 0.15) is 96.2 Å². The first-order valence-electron chi connectivity index (χ1n) is 20.7. The van der Waals surface area contributed by atoms with Crippen LogP contribution in [0.25, 0.3) is 0 Å². The molecular formula is C45H68N8OS2. The van der Waals surface area contributed by atoms with Crippen molar-refractivity contribution < 1.29 is 4.79 Å². The Kier molecular flexibility index (Phi) is 19.0. The predicted octanol–water partition coefficient (Wildman–Crippen LogP) is 8.47. The lowest BCUT2D eigenvalue weighted by Gasteiger charge is -2.41. The van der Waals surface area contributed by atoms with E-state index in [1.807, 2.05) is 19.3 Å². The van der Waals surface area contributed by atoms with E-state index in [1.54, 1.807) is 11.8 Å². The second-order valence-electron chi connectivity index (χ2n) is 16.6. The first kappa shape index (κ1) is 45.6. The zero-order chi connectivity index (χ0) is 40.5. The number of aliphatic imine (C=N–C) groups is 2. The minimum absolute atomic E-state index is 0.151. The number of aldehydes is 1. The van der Waals surface area contributed by atoms with Crippen LogP contribution in [0.3, 0.4) is 0 Å². The van der Waals surface area contributed by atoms with Crippen LogP contribution in [0.5, 0.6) is 0 Å². The van der Waals surface area contributed by atoms with E-state index in [1.165, 1.54) is 68.7 Å². The fourth-order valence-corrected chi connectivity index (χ4v) is 8.37. The van der Waals surface area contributed by atoms with Gasteiger partial charge in [0.25, 0.3) is 0 Å². The van der Waals surface area contributed by atoms with Gasteiger partial charge in [-0.3, -0.25) is 15.0 Å². The highest BCUT2D eigenvalue weighted by Gasteiger charge is 2.28. The summed E-state index contributed by atoms with van der Waals surface area (Å²) in [6, 6.07) is 11.7. The third kappa shape index (κ3) is 15.0. The molecule has 2 saturated heterocycles. The zero-order valence-corrected chi connectivity index (χ0v) is 36.8. The van der Waals surface area contributed by atoms with Crippen molar-refractivity contribution in [1.29, 1.82) is 5.26 Å². The van der Waals surface area contributed by atoms with E-state index in [0.29, 0.717) is 12.0 Å². The third-order valence-electron chi connectivity index (χ3n) is 11.3. The lowest BCUT2D eigenvalue weighted by atomic mass is 9.85. The standard InChI is InChI=1S/C22H27N3OS.C14H26N4.C9H15NS/c1-4-6-21(19-10-8-18(9-11-19)7-5-13-26)25(3)17(2)20(16-23)15-22-24-12-14-27-22;1-16-6-4-14(5-7-16)17-8-2-13(3-9-17)12-15-18-10-11-18;1-9(2,3)7-4-8(6-11)10-5-7/h8-11,13,15,21H,2,4-7,12,14H2,1,3H3;10-11,13-15H,2-9,12H2,1H3;5,11H,4,6H2,1-3H3/b20-15+;;. The number of thioether (sulfide) groups is 1. The number of hydrogen-bond acceptors (Lipinski definition) is 11. The van der Waals surface area contributed by atoms with Crippen LogP contribution in [0.15, 0.2) is 82.3 Å². The van der Waals surface area contributed by atoms with Crippen LogP contribution in [0.4, 0.5) is 0 Å². The number of rotatable bonds is 15. The number of hydrazine groups is 1. The van der Waals surface area contributed by atoms with Crippen molar-refractivity contribution in [2.45, 2.75) is 97.6 Å². The van der Waals surface area contributed by atoms with Gasteiger partial charge in [0.05, 0.1) is 16.7 Å². The second kappa shape index (κ2) is 23.3. The summed E-state index contributed by atoms with van der Waals surface area (Å²) in [5.74, 6) is 2.63. The molecule has 0 bridgehead atoms. The number of thiol groups is 1. The van der Waals surface area contributed by atoms with Gasteiger partial charge in [0.1, 0.15) is 12.4 Å². The van der Waals surface area contributed by atoms with Crippen molar-refractivity contribution in [2.24, 2.45) is 21.3 Å². The molecule has 0 spiro atoms. The minimum atomic E-state index is 0.151. The lowest BCUT2D eigenvalue weighted by molar-refractivity contribution is -0.107. The molecule has 0 aliphatic carbocycles. The molecule has 1 aromatic carbocycles. The Balaban J connectivity index is 0.000000205. The maximum Gasteiger partial charge on any atom is 0.120 e. The first-order valence-corrected chi connectivity index (χ1v) is 22.3. The first-order chi connectivity index (χ1) is 26.9. The van der Waals surface area contributed by atoms with E-state index in [4.69, 9.17) is 0 Å². The minimum Gasteiger partial charge on any atom is -0.367 e. The Hall–Kier alpha value is -3.14. The number of likely N-dealkylation sites (tertiary alicyclic amines) is 2. The molecule has 5 heterocycles. The average Bonchev–Trinajstić information content (AvgIpc) is 3.64. The number of piperidine rings is 2. The number of carbonyl (C=O) groups is 1. The zero-order valence-electron chi connectivity index (χ0n) is 35.1. The number of carbonyl (C=O) groups excluding carboxylic acids is 1. The summed E-state index contributed by atoms with van der Waals surface area (Å²) in [6.07, 6.45) is 18.8. The number of hydrogen-bond donors (Lipinski definition) is 2. The Morgan fingerprint density at radius 1 is 1.14 bits per heavy atom. The van der Waals surface area contributed by atoms with Gasteiger partial charge in [-0.05, 0) is 106 Å². The van der Waals surface area contributed by atoms with E-state index in [2.05, 4.69) is 132 Å². The van der Waals surface area contributed by atoms with Gasteiger partial charge in [0.2, 0.25) is 0 Å². The van der Waals surface area contributed by atoms with Gasteiger partial charge in [0.15, 0.2) is 0 Å². The normalized spacial score (nSPS) is 19.8. The van der Waals surface area contributed by atoms with Gasteiger partial charge < -0.3 is 19.5 Å². The largest absolute Gasteiger partial charge is 0.367 e. The van der Waals surface area contributed by atoms with Crippen molar-refractivity contribution in [3.8, 4) is 6.07 Å².